The first kappa shape index (κ1) is 14.1. The highest BCUT2D eigenvalue weighted by atomic mass is 127. The van der Waals surface area contributed by atoms with Crippen molar-refractivity contribution >= 4 is 22.6 Å². The first-order valence-electron chi connectivity index (χ1n) is 5.65. The summed E-state index contributed by atoms with van der Waals surface area (Å²) in [5.74, 6) is 0.245. The monoisotopic (exact) mass is 373 g/mol. The lowest BCUT2D eigenvalue weighted by molar-refractivity contribution is 0.395. The number of ether oxygens (including phenoxy) is 1. The van der Waals surface area contributed by atoms with E-state index in [-0.39, 0.29) is 11.9 Å². The van der Waals surface area contributed by atoms with E-state index in [2.05, 4.69) is 32.6 Å². The van der Waals surface area contributed by atoms with Gasteiger partial charge in [0.25, 0.3) is 0 Å². The highest BCUT2D eigenvalue weighted by Gasteiger charge is 2.12. The Kier molecular flexibility index (Phi) is 4.65. The van der Waals surface area contributed by atoms with Gasteiger partial charge in [0.05, 0.1) is 7.11 Å². The van der Waals surface area contributed by atoms with Crippen molar-refractivity contribution in [1.82, 2.24) is 9.97 Å². The summed E-state index contributed by atoms with van der Waals surface area (Å²) in [6, 6.07) is 6.09. The molecular weight excluding hydrogens is 360 g/mol. The van der Waals surface area contributed by atoms with Crippen LogP contribution in [0.25, 0.3) is 0 Å². The largest absolute Gasteiger partial charge is 0.481 e. The Balaban J connectivity index is 2.17. The Morgan fingerprint density at radius 3 is 2.84 bits per heavy atom. The van der Waals surface area contributed by atoms with Gasteiger partial charge in [0.2, 0.25) is 5.88 Å². The maximum atomic E-state index is 13.1. The highest BCUT2D eigenvalue weighted by molar-refractivity contribution is 14.1. The second kappa shape index (κ2) is 6.25. The maximum Gasteiger partial charge on any atom is 0.216 e. The average molecular weight is 373 g/mol. The Morgan fingerprint density at radius 1 is 1.37 bits per heavy atom. The summed E-state index contributed by atoms with van der Waals surface area (Å²) in [6.45, 7) is 0. The topological polar surface area (TPSA) is 61.0 Å². The zero-order chi connectivity index (χ0) is 13.8. The van der Waals surface area contributed by atoms with Gasteiger partial charge >= 0.3 is 0 Å². The minimum Gasteiger partial charge on any atom is -0.481 e. The Bertz CT molecular complexity index is 580. The van der Waals surface area contributed by atoms with Gasteiger partial charge < -0.3 is 10.5 Å². The molecule has 6 heteroatoms. The number of methoxy groups -OCH3 is 1. The number of halogens is 2. The third-order valence-electron chi connectivity index (χ3n) is 2.70. The van der Waals surface area contributed by atoms with Crippen LogP contribution >= 0.6 is 22.6 Å². The van der Waals surface area contributed by atoms with Crippen molar-refractivity contribution in [2.75, 3.05) is 7.11 Å². The number of nitrogens with two attached hydrogens (primary N) is 1. The van der Waals surface area contributed by atoms with Crippen LogP contribution in [-0.4, -0.2) is 17.1 Å². The minimum absolute atomic E-state index is 0.243. The molecule has 2 rings (SSSR count). The van der Waals surface area contributed by atoms with Crippen molar-refractivity contribution in [2.45, 2.75) is 12.5 Å². The van der Waals surface area contributed by atoms with Crippen molar-refractivity contribution < 1.29 is 9.13 Å². The van der Waals surface area contributed by atoms with Gasteiger partial charge in [-0.3, -0.25) is 0 Å². The lowest BCUT2D eigenvalue weighted by Gasteiger charge is -2.13. The summed E-state index contributed by atoms with van der Waals surface area (Å²) < 4.78 is 18.9. The zero-order valence-corrected chi connectivity index (χ0v) is 12.5. The lowest BCUT2D eigenvalue weighted by Crippen LogP contribution is -2.15. The SMILES string of the molecule is COc1cc(CC(N)c2ccc(F)cc2I)ncn1. The van der Waals surface area contributed by atoms with E-state index in [1.165, 1.54) is 18.5 Å². The second-order valence-corrected chi connectivity index (χ2v) is 5.19. The predicted molar refractivity (Wildman–Crippen MR) is 78.3 cm³/mol. The Morgan fingerprint density at radius 2 is 2.16 bits per heavy atom. The molecule has 1 unspecified atom stereocenters. The molecule has 19 heavy (non-hydrogen) atoms. The van der Waals surface area contributed by atoms with Crippen LogP contribution in [0.1, 0.15) is 17.3 Å². The molecule has 100 valence electrons. The first-order valence-corrected chi connectivity index (χ1v) is 6.73. The van der Waals surface area contributed by atoms with E-state index in [9.17, 15) is 4.39 Å². The number of hydrogen-bond donors (Lipinski definition) is 1. The van der Waals surface area contributed by atoms with Crippen LogP contribution in [0.4, 0.5) is 4.39 Å². The molecule has 0 spiro atoms. The first-order chi connectivity index (χ1) is 9.10. The molecule has 0 fully saturated rings. The number of benzene rings is 1. The molecule has 0 aliphatic rings. The molecule has 0 saturated carbocycles. The van der Waals surface area contributed by atoms with Crippen molar-refractivity contribution in [3.63, 3.8) is 0 Å². The van der Waals surface area contributed by atoms with Gasteiger partial charge in [-0.1, -0.05) is 6.07 Å². The van der Waals surface area contributed by atoms with Gasteiger partial charge in [0.1, 0.15) is 12.1 Å². The van der Waals surface area contributed by atoms with Crippen molar-refractivity contribution in [1.29, 1.82) is 0 Å². The molecule has 0 aliphatic heterocycles. The summed E-state index contributed by atoms with van der Waals surface area (Å²) in [4.78, 5) is 8.09. The number of nitrogens with zero attached hydrogens (tertiary/aromatic N) is 2. The predicted octanol–water partition coefficient (Wildman–Crippen LogP) is 2.47. The average Bonchev–Trinajstić information content (AvgIpc) is 2.38. The van der Waals surface area contributed by atoms with Crippen LogP contribution in [0, 0.1) is 9.39 Å². The molecule has 1 heterocycles. The van der Waals surface area contributed by atoms with E-state index in [0.29, 0.717) is 12.3 Å². The van der Waals surface area contributed by atoms with Crippen LogP contribution in [0.5, 0.6) is 5.88 Å². The molecule has 2 aromatic rings. The van der Waals surface area contributed by atoms with E-state index in [4.69, 9.17) is 10.5 Å². The fourth-order valence-corrected chi connectivity index (χ4v) is 2.62. The number of aromatic nitrogens is 2. The van der Waals surface area contributed by atoms with Gasteiger partial charge in [-0.2, -0.15) is 0 Å². The molecule has 2 N–H and O–H groups in total. The molecule has 1 atom stereocenters. The quantitative estimate of drug-likeness (QED) is 0.837. The van der Waals surface area contributed by atoms with Crippen LogP contribution in [0.15, 0.2) is 30.6 Å². The molecule has 0 radical (unpaired) electrons. The molecular formula is C13H13FIN3O. The third kappa shape index (κ3) is 3.60. The van der Waals surface area contributed by atoms with Gasteiger partial charge in [-0.15, -0.1) is 0 Å². The van der Waals surface area contributed by atoms with Crippen LogP contribution < -0.4 is 10.5 Å². The molecule has 0 aliphatic carbocycles. The van der Waals surface area contributed by atoms with Crippen molar-refractivity contribution in [3.8, 4) is 5.88 Å². The standard InChI is InChI=1S/C13H13FIN3O/c1-19-13-6-9(17-7-18-13)5-12(16)10-3-2-8(14)4-11(10)15/h2-4,6-7,12H,5,16H2,1H3. The van der Waals surface area contributed by atoms with E-state index in [0.717, 1.165) is 14.8 Å². The van der Waals surface area contributed by atoms with Gasteiger partial charge in [-0.25, -0.2) is 14.4 Å². The fraction of sp³-hybridized carbons (Fsp3) is 0.231. The second-order valence-electron chi connectivity index (χ2n) is 4.03. The summed E-state index contributed by atoms with van der Waals surface area (Å²) in [7, 11) is 1.55. The zero-order valence-electron chi connectivity index (χ0n) is 10.3. The van der Waals surface area contributed by atoms with E-state index in [1.54, 1.807) is 19.2 Å². The summed E-state index contributed by atoms with van der Waals surface area (Å²) in [5, 5.41) is 0. The van der Waals surface area contributed by atoms with Crippen LogP contribution in [-0.2, 0) is 6.42 Å². The molecule has 0 bridgehead atoms. The van der Waals surface area contributed by atoms with E-state index in [1.807, 2.05) is 0 Å². The Hall–Kier alpha value is -1.28. The van der Waals surface area contributed by atoms with Gasteiger partial charge in [-0.05, 0) is 40.3 Å². The van der Waals surface area contributed by atoms with Crippen LogP contribution in [0.2, 0.25) is 0 Å². The minimum atomic E-state index is -0.260. The number of rotatable bonds is 4. The highest BCUT2D eigenvalue weighted by Crippen LogP contribution is 2.22. The molecule has 4 nitrogen and oxygen atoms in total. The van der Waals surface area contributed by atoms with E-state index >= 15 is 0 Å². The summed E-state index contributed by atoms with van der Waals surface area (Å²) in [6.07, 6.45) is 1.98. The van der Waals surface area contributed by atoms with Gasteiger partial charge in [0.15, 0.2) is 0 Å². The van der Waals surface area contributed by atoms with Gasteiger partial charge in [0, 0.05) is 27.8 Å². The lowest BCUT2D eigenvalue weighted by atomic mass is 10.0. The fourth-order valence-electron chi connectivity index (χ4n) is 1.74. The normalized spacial score (nSPS) is 12.2. The third-order valence-corrected chi connectivity index (χ3v) is 3.63. The number of hydrogen-bond acceptors (Lipinski definition) is 4. The van der Waals surface area contributed by atoms with Crippen molar-refractivity contribution in [2.24, 2.45) is 5.73 Å². The molecule has 1 aromatic heterocycles. The molecule has 0 saturated heterocycles. The smallest absolute Gasteiger partial charge is 0.216 e. The van der Waals surface area contributed by atoms with Crippen molar-refractivity contribution in [3.05, 3.63) is 51.2 Å². The Labute approximate surface area is 124 Å². The summed E-state index contributed by atoms with van der Waals surface area (Å²) >= 11 is 2.08. The molecule has 1 aromatic carbocycles. The maximum absolute atomic E-state index is 13.1. The van der Waals surface area contributed by atoms with E-state index < -0.39 is 0 Å². The van der Waals surface area contributed by atoms with Crippen LogP contribution in [0.3, 0.4) is 0 Å². The summed E-state index contributed by atoms with van der Waals surface area (Å²) in [5.41, 5.74) is 7.83. The molecule has 0 amide bonds.